The van der Waals surface area contributed by atoms with E-state index in [4.69, 9.17) is 12.2 Å². The molecule has 2 nitrogen and oxygen atoms in total. The average molecular weight is 204 g/mol. The molecule has 0 amide bonds. The summed E-state index contributed by atoms with van der Waals surface area (Å²) in [5, 5.41) is 1.11. The second-order valence-electron chi connectivity index (χ2n) is 3.56. The highest BCUT2D eigenvalue weighted by Gasteiger charge is 2.01. The summed E-state index contributed by atoms with van der Waals surface area (Å²) in [7, 11) is 0. The van der Waals surface area contributed by atoms with Gasteiger partial charge in [0.1, 0.15) is 10.2 Å². The molecule has 0 radical (unpaired) electrons. The normalized spacial score (nSPS) is 11.1. The first-order chi connectivity index (χ1) is 6.70. The van der Waals surface area contributed by atoms with Crippen molar-refractivity contribution in [1.29, 1.82) is 0 Å². The minimum Gasteiger partial charge on any atom is -0.335 e. The van der Waals surface area contributed by atoms with E-state index < -0.39 is 0 Å². The Morgan fingerprint density at radius 2 is 2.14 bits per heavy atom. The molecule has 0 atom stereocenters. The average Bonchev–Trinajstić information content (AvgIpc) is 2.18. The lowest BCUT2D eigenvalue weighted by Crippen LogP contribution is -2.02. The zero-order valence-electron chi connectivity index (χ0n) is 8.27. The van der Waals surface area contributed by atoms with E-state index in [2.05, 4.69) is 29.5 Å². The Kier molecular flexibility index (Phi) is 2.33. The fourth-order valence-corrected chi connectivity index (χ4v) is 1.93. The van der Waals surface area contributed by atoms with Crippen LogP contribution in [0.2, 0.25) is 0 Å². The van der Waals surface area contributed by atoms with E-state index in [9.17, 15) is 0 Å². The van der Waals surface area contributed by atoms with Gasteiger partial charge in [0.15, 0.2) is 0 Å². The minimum absolute atomic E-state index is 0.383. The molecule has 2 aromatic heterocycles. The summed E-state index contributed by atoms with van der Waals surface area (Å²) < 4.78 is 2.88. The minimum atomic E-state index is 0.383. The molecule has 0 bridgehead atoms. The van der Waals surface area contributed by atoms with Gasteiger partial charge >= 0.3 is 0 Å². The maximum atomic E-state index is 5.37. The van der Waals surface area contributed by atoms with Gasteiger partial charge in [-0.15, -0.1) is 0 Å². The molecule has 0 fully saturated rings. The van der Waals surface area contributed by atoms with Gasteiger partial charge in [0.2, 0.25) is 0 Å². The number of hydrogen-bond acceptors (Lipinski definition) is 2. The molecular weight excluding hydrogens is 192 g/mol. The van der Waals surface area contributed by atoms with Crippen molar-refractivity contribution in [2.24, 2.45) is 0 Å². The molecule has 72 valence electrons. The Bertz CT molecular complexity index is 514. The fraction of sp³-hybridized carbons (Fsp3) is 0.273. The van der Waals surface area contributed by atoms with Gasteiger partial charge in [0, 0.05) is 23.8 Å². The Labute approximate surface area is 88.2 Å². The molecule has 0 aliphatic carbocycles. The van der Waals surface area contributed by atoms with Crippen molar-refractivity contribution in [2.75, 3.05) is 0 Å². The summed E-state index contributed by atoms with van der Waals surface area (Å²) in [6.07, 6.45) is 3.81. The molecule has 0 saturated heterocycles. The lowest BCUT2D eigenvalue weighted by Gasteiger charge is -2.11. The summed E-state index contributed by atoms with van der Waals surface area (Å²) in [6, 6.07) is 6.39. The van der Waals surface area contributed by atoms with Gasteiger partial charge in [-0.3, -0.25) is 4.98 Å². The van der Waals surface area contributed by atoms with Crippen molar-refractivity contribution < 1.29 is 0 Å². The van der Waals surface area contributed by atoms with Crippen molar-refractivity contribution in [2.45, 2.75) is 19.9 Å². The van der Waals surface area contributed by atoms with E-state index in [1.807, 2.05) is 18.3 Å². The standard InChI is InChI=1S/C11H12N2S/c1-8(2)13-7-5-9-4-3-6-12-10(9)11(13)14/h3-8H,1-2H3. The van der Waals surface area contributed by atoms with Gasteiger partial charge in [-0.1, -0.05) is 18.3 Å². The second kappa shape index (κ2) is 3.50. The van der Waals surface area contributed by atoms with Crippen LogP contribution >= 0.6 is 12.2 Å². The molecule has 2 aromatic rings. The van der Waals surface area contributed by atoms with Crippen LogP contribution in [0.3, 0.4) is 0 Å². The molecular formula is C11H12N2S. The van der Waals surface area contributed by atoms with Crippen LogP contribution in [-0.2, 0) is 0 Å². The quantitative estimate of drug-likeness (QED) is 0.663. The van der Waals surface area contributed by atoms with Crippen LogP contribution in [0.5, 0.6) is 0 Å². The Balaban J connectivity index is 2.82. The SMILES string of the molecule is CC(C)n1ccc2cccnc2c1=S. The van der Waals surface area contributed by atoms with Gasteiger partial charge < -0.3 is 4.57 Å². The third-order valence-corrected chi connectivity index (χ3v) is 2.65. The van der Waals surface area contributed by atoms with Crippen molar-refractivity contribution >= 4 is 23.1 Å². The molecule has 0 saturated carbocycles. The zero-order chi connectivity index (χ0) is 10.1. The lowest BCUT2D eigenvalue weighted by atomic mass is 10.2. The molecule has 14 heavy (non-hydrogen) atoms. The molecule has 2 rings (SSSR count). The van der Waals surface area contributed by atoms with Crippen LogP contribution in [0.1, 0.15) is 19.9 Å². The summed E-state index contributed by atoms with van der Waals surface area (Å²) in [4.78, 5) is 4.30. The maximum Gasteiger partial charge on any atom is 0.132 e. The first kappa shape index (κ1) is 9.34. The van der Waals surface area contributed by atoms with Crippen molar-refractivity contribution in [3.8, 4) is 0 Å². The van der Waals surface area contributed by atoms with Crippen molar-refractivity contribution in [1.82, 2.24) is 9.55 Å². The smallest absolute Gasteiger partial charge is 0.132 e. The predicted molar refractivity (Wildman–Crippen MR) is 61.0 cm³/mol. The van der Waals surface area contributed by atoms with Crippen LogP contribution in [0.25, 0.3) is 10.9 Å². The van der Waals surface area contributed by atoms with E-state index >= 15 is 0 Å². The third kappa shape index (κ3) is 1.44. The molecule has 3 heteroatoms. The first-order valence-electron chi connectivity index (χ1n) is 4.66. The Morgan fingerprint density at radius 1 is 1.36 bits per heavy atom. The number of aromatic nitrogens is 2. The summed E-state index contributed by atoms with van der Waals surface area (Å²) in [5.41, 5.74) is 0.915. The number of hydrogen-bond donors (Lipinski definition) is 0. The molecule has 0 unspecified atom stereocenters. The fourth-order valence-electron chi connectivity index (χ4n) is 1.49. The Hall–Kier alpha value is -1.22. The summed E-state index contributed by atoms with van der Waals surface area (Å²) in [5.74, 6) is 0. The number of fused-ring (bicyclic) bond motifs is 1. The molecule has 2 heterocycles. The molecule has 0 aliphatic heterocycles. The van der Waals surface area contributed by atoms with Crippen LogP contribution < -0.4 is 0 Å². The van der Waals surface area contributed by atoms with E-state index in [-0.39, 0.29) is 0 Å². The maximum absolute atomic E-state index is 5.37. The van der Waals surface area contributed by atoms with Crippen LogP contribution in [0.4, 0.5) is 0 Å². The molecule has 0 aromatic carbocycles. The zero-order valence-corrected chi connectivity index (χ0v) is 9.08. The summed E-state index contributed by atoms with van der Waals surface area (Å²) in [6.45, 7) is 4.23. The third-order valence-electron chi connectivity index (χ3n) is 2.25. The van der Waals surface area contributed by atoms with Crippen LogP contribution in [-0.4, -0.2) is 9.55 Å². The van der Waals surface area contributed by atoms with Gasteiger partial charge in [-0.2, -0.15) is 0 Å². The van der Waals surface area contributed by atoms with E-state index in [1.54, 1.807) is 6.20 Å². The molecule has 0 aliphatic rings. The topological polar surface area (TPSA) is 17.8 Å². The second-order valence-corrected chi connectivity index (χ2v) is 3.95. The van der Waals surface area contributed by atoms with Gasteiger partial charge in [-0.25, -0.2) is 0 Å². The van der Waals surface area contributed by atoms with Crippen LogP contribution in [0, 0.1) is 4.64 Å². The molecule has 0 spiro atoms. The van der Waals surface area contributed by atoms with Gasteiger partial charge in [-0.05, 0) is 26.0 Å². The van der Waals surface area contributed by atoms with Gasteiger partial charge in [0.05, 0.1) is 0 Å². The molecule has 0 N–H and O–H groups in total. The predicted octanol–water partition coefficient (Wildman–Crippen LogP) is 3.35. The van der Waals surface area contributed by atoms with Crippen molar-refractivity contribution in [3.63, 3.8) is 0 Å². The first-order valence-corrected chi connectivity index (χ1v) is 5.07. The number of pyridine rings is 2. The van der Waals surface area contributed by atoms with E-state index in [1.165, 1.54) is 0 Å². The number of rotatable bonds is 1. The van der Waals surface area contributed by atoms with E-state index in [0.29, 0.717) is 6.04 Å². The Morgan fingerprint density at radius 3 is 2.86 bits per heavy atom. The highest BCUT2D eigenvalue weighted by molar-refractivity contribution is 7.71. The number of nitrogens with zero attached hydrogens (tertiary/aromatic N) is 2. The van der Waals surface area contributed by atoms with E-state index in [0.717, 1.165) is 15.5 Å². The van der Waals surface area contributed by atoms with Crippen LogP contribution in [0.15, 0.2) is 30.6 Å². The monoisotopic (exact) mass is 204 g/mol. The lowest BCUT2D eigenvalue weighted by molar-refractivity contribution is 0.592. The summed E-state index contributed by atoms with van der Waals surface area (Å²) >= 11 is 5.37. The largest absolute Gasteiger partial charge is 0.335 e. The van der Waals surface area contributed by atoms with Gasteiger partial charge in [0.25, 0.3) is 0 Å². The highest BCUT2D eigenvalue weighted by Crippen LogP contribution is 2.15. The van der Waals surface area contributed by atoms with Crippen molar-refractivity contribution in [3.05, 3.63) is 35.2 Å². The highest BCUT2D eigenvalue weighted by atomic mass is 32.1.